The van der Waals surface area contributed by atoms with Gasteiger partial charge in [-0.05, 0) is 74.4 Å². The number of anilines is 5. The Kier molecular flexibility index (Phi) is 13.4. The lowest BCUT2D eigenvalue weighted by atomic mass is 10.1. The molecule has 5 amide bonds. The molecule has 18 heteroatoms. The maximum atomic E-state index is 14.2. The molecule has 5 rings (SSSR count). The lowest BCUT2D eigenvalue weighted by Gasteiger charge is -2.27. The monoisotopic (exact) mass is 834 g/mol. The molecule has 4 N–H and O–H groups in total. The zero-order chi connectivity index (χ0) is 39.4. The van der Waals surface area contributed by atoms with Gasteiger partial charge in [0, 0.05) is 36.8 Å². The Morgan fingerprint density at radius 3 is 2.31 bits per heavy atom. The molecular weight excluding hydrogens is 799 g/mol. The molecule has 0 saturated carbocycles. The second-order valence-electron chi connectivity index (χ2n) is 12.3. The van der Waals surface area contributed by atoms with Crippen LogP contribution in [0.4, 0.5) is 33.4 Å². The van der Waals surface area contributed by atoms with Gasteiger partial charge in [0.1, 0.15) is 5.69 Å². The van der Waals surface area contributed by atoms with E-state index < -0.39 is 35.3 Å². The Labute approximate surface area is 334 Å². The Morgan fingerprint density at radius 2 is 1.72 bits per heavy atom. The van der Waals surface area contributed by atoms with Crippen molar-refractivity contribution in [1.82, 2.24) is 15.1 Å². The Balaban J connectivity index is 1.70. The van der Waals surface area contributed by atoms with Crippen LogP contribution in [-0.4, -0.2) is 75.6 Å². The molecule has 0 aliphatic carbocycles. The van der Waals surface area contributed by atoms with E-state index in [0.29, 0.717) is 37.3 Å². The van der Waals surface area contributed by atoms with Crippen molar-refractivity contribution >= 4 is 108 Å². The number of carbonyl (C=O) groups is 4. The summed E-state index contributed by atoms with van der Waals surface area (Å²) in [4.78, 5) is 57.8. The Hall–Kier alpha value is -4.10. The first kappa shape index (κ1) is 41.1. The molecule has 4 aromatic rings. The van der Waals surface area contributed by atoms with Crippen LogP contribution in [0.5, 0.6) is 5.88 Å². The fourth-order valence-corrected chi connectivity index (χ4v) is 7.43. The standard InChI is InChI=1S/C36H37Cl4N7O6P/c1-4-6-11-41-36(53)46(27-10-8-21(14-19(27)3)44(5-2)12-13-48)31-32(43-47(35(31)52)30-25(39)15-20(37)16-26(30)40)42-33(50)23-17-22(7-9-24(23)38)45-29(49)18-28(54)34(45)51/h7-10,14-17,28,48,52,54H,4-6,11-13,18H2,1-3H3,(H,41,53)(H,42,43,50)/q-1. The van der Waals surface area contributed by atoms with E-state index in [0.717, 1.165) is 21.7 Å². The number of aliphatic hydroxyl groups excluding tert-OH is 1. The molecule has 1 fully saturated rings. The number of rotatable bonds is 13. The molecule has 1 atom stereocenters. The van der Waals surface area contributed by atoms with Gasteiger partial charge >= 0.3 is 6.03 Å². The molecule has 0 radical (unpaired) electrons. The number of nitrogens with zero attached hydrogens (tertiary/aromatic N) is 5. The van der Waals surface area contributed by atoms with Crippen LogP contribution >= 0.6 is 55.6 Å². The van der Waals surface area contributed by atoms with Crippen molar-refractivity contribution in [2.45, 2.75) is 45.7 Å². The first-order valence-corrected chi connectivity index (χ1v) is 19.0. The topological polar surface area (TPSA) is 160 Å². The summed E-state index contributed by atoms with van der Waals surface area (Å²) in [6, 6.07) is 11.5. The summed E-state index contributed by atoms with van der Waals surface area (Å²) in [7, 11) is 3.26. The molecule has 1 aliphatic rings. The van der Waals surface area contributed by atoms with Gasteiger partial charge in [-0.3, -0.25) is 24.2 Å². The summed E-state index contributed by atoms with van der Waals surface area (Å²) in [6.45, 7) is 6.89. The maximum Gasteiger partial charge on any atom is 0.326 e. The number of carbonyl (C=O) groups excluding carboxylic acids is 4. The number of halogens is 4. The summed E-state index contributed by atoms with van der Waals surface area (Å²) < 4.78 is 0.970. The molecule has 286 valence electrons. The molecule has 13 nitrogen and oxygen atoms in total. The van der Waals surface area contributed by atoms with Crippen molar-refractivity contribution in [3.05, 3.63) is 79.7 Å². The van der Waals surface area contributed by atoms with Gasteiger partial charge in [-0.1, -0.05) is 65.4 Å². The summed E-state index contributed by atoms with van der Waals surface area (Å²) in [5.74, 6) is -2.76. The van der Waals surface area contributed by atoms with Crippen molar-refractivity contribution in [2.75, 3.05) is 46.3 Å². The van der Waals surface area contributed by atoms with E-state index >= 15 is 0 Å². The highest BCUT2D eigenvalue weighted by molar-refractivity contribution is 7.20. The molecule has 1 unspecified atom stereocenters. The van der Waals surface area contributed by atoms with Crippen LogP contribution in [0.1, 0.15) is 49.0 Å². The van der Waals surface area contributed by atoms with Gasteiger partial charge in [0.25, 0.3) is 5.91 Å². The highest BCUT2D eigenvalue weighted by Crippen LogP contribution is 2.45. The second kappa shape index (κ2) is 17.6. The summed E-state index contributed by atoms with van der Waals surface area (Å²) in [5, 5.41) is 31.8. The van der Waals surface area contributed by atoms with Crippen LogP contribution in [0.15, 0.2) is 48.5 Å². The lowest BCUT2D eigenvalue weighted by molar-refractivity contribution is -0.121. The molecule has 1 saturated heterocycles. The summed E-state index contributed by atoms with van der Waals surface area (Å²) in [5.41, 5.74) is 0.696. The van der Waals surface area contributed by atoms with Crippen molar-refractivity contribution in [3.8, 4) is 11.6 Å². The predicted molar refractivity (Wildman–Crippen MR) is 215 cm³/mol. The zero-order valence-electron chi connectivity index (χ0n) is 29.4. The van der Waals surface area contributed by atoms with Gasteiger partial charge in [-0.25, -0.2) is 4.79 Å². The van der Waals surface area contributed by atoms with Crippen molar-refractivity contribution in [3.63, 3.8) is 0 Å². The number of aromatic hydroxyl groups is 1. The summed E-state index contributed by atoms with van der Waals surface area (Å²) in [6.07, 6.45) is 1.38. The quantitative estimate of drug-likeness (QED) is 0.0599. The average molecular weight is 837 g/mol. The van der Waals surface area contributed by atoms with Crippen LogP contribution in [-0.2, 0) is 9.59 Å². The predicted octanol–water partition coefficient (Wildman–Crippen LogP) is 7.99. The minimum atomic E-state index is -0.851. The number of imide groups is 1. The number of benzene rings is 3. The number of nitrogens with one attached hydrogen (secondary N) is 2. The van der Waals surface area contributed by atoms with Gasteiger partial charge in [0.15, 0.2) is 11.5 Å². The molecular formula is C36H37Cl4N7O6P-. The second-order valence-corrected chi connectivity index (χ2v) is 14.6. The fraction of sp³-hybridized carbons (Fsp3) is 0.306. The molecule has 0 bridgehead atoms. The van der Waals surface area contributed by atoms with Gasteiger partial charge in [-0.2, -0.15) is 4.68 Å². The molecule has 0 spiro atoms. The van der Waals surface area contributed by atoms with Gasteiger partial charge in [-0.15, -0.1) is 5.10 Å². The number of hydrogen-bond donors (Lipinski definition) is 4. The molecule has 1 aliphatic heterocycles. The number of likely N-dealkylation sites (N-methyl/N-ethyl adjacent to an activating group) is 1. The molecule has 54 heavy (non-hydrogen) atoms. The number of aliphatic hydroxyl groups is 1. The number of hydrogen-bond acceptors (Lipinski definition) is 8. The smallest absolute Gasteiger partial charge is 0.326 e. The van der Waals surface area contributed by atoms with Crippen molar-refractivity contribution < 1.29 is 29.4 Å². The first-order valence-electron chi connectivity index (χ1n) is 16.9. The van der Waals surface area contributed by atoms with Crippen molar-refractivity contribution in [2.24, 2.45) is 0 Å². The van der Waals surface area contributed by atoms with Crippen LogP contribution in [0, 0.1) is 6.92 Å². The first-order chi connectivity index (χ1) is 25.7. The molecule has 3 aromatic carbocycles. The van der Waals surface area contributed by atoms with Crippen LogP contribution in [0.3, 0.4) is 0 Å². The van der Waals surface area contributed by atoms with Crippen LogP contribution in [0.25, 0.3) is 5.69 Å². The minimum absolute atomic E-state index is 0.00150. The number of aryl methyl sites for hydroxylation is 1. The SMILES string of the molecule is CCCCNC(=O)N(c1ccc(N(CC)CCO)cc1C)c1c(NC(=O)c2cc(N3C(=O)CC([PH-])C3=O)ccc2Cl)nn(-c2c(Cl)cc(Cl)cc2Cl)c1O. The minimum Gasteiger partial charge on any atom is -0.544 e. The Bertz CT molecular complexity index is 2090. The van der Waals surface area contributed by atoms with Gasteiger partial charge < -0.3 is 35.0 Å². The number of urea groups is 1. The lowest BCUT2D eigenvalue weighted by Crippen LogP contribution is -2.38. The number of aromatic nitrogens is 2. The molecule has 1 aromatic heterocycles. The van der Waals surface area contributed by atoms with E-state index in [2.05, 4.69) is 25.0 Å². The fourth-order valence-electron chi connectivity index (χ4n) is 5.95. The van der Waals surface area contributed by atoms with Crippen molar-refractivity contribution in [1.29, 1.82) is 0 Å². The van der Waals surface area contributed by atoms with Crippen LogP contribution in [0.2, 0.25) is 20.1 Å². The van der Waals surface area contributed by atoms with E-state index in [-0.39, 0.29) is 61.6 Å². The van der Waals surface area contributed by atoms with E-state index in [4.69, 9.17) is 46.4 Å². The maximum absolute atomic E-state index is 14.2. The van der Waals surface area contributed by atoms with E-state index in [1.54, 1.807) is 19.1 Å². The average Bonchev–Trinajstić information content (AvgIpc) is 3.56. The highest BCUT2D eigenvalue weighted by atomic mass is 35.5. The van der Waals surface area contributed by atoms with Gasteiger partial charge in [0.2, 0.25) is 17.7 Å². The van der Waals surface area contributed by atoms with Crippen LogP contribution < -0.4 is 25.3 Å². The third-order valence-corrected chi connectivity index (χ3v) is 10.2. The Morgan fingerprint density at radius 1 is 1.02 bits per heavy atom. The number of unbranched alkanes of at least 4 members (excludes halogenated alkanes) is 1. The summed E-state index contributed by atoms with van der Waals surface area (Å²) >= 11 is 25.8. The van der Waals surface area contributed by atoms with E-state index in [9.17, 15) is 29.4 Å². The molecule has 2 heterocycles. The van der Waals surface area contributed by atoms with E-state index in [1.807, 2.05) is 24.8 Å². The zero-order valence-corrected chi connectivity index (χ0v) is 33.4. The third-order valence-electron chi connectivity index (χ3n) is 8.63. The highest BCUT2D eigenvalue weighted by Gasteiger charge is 2.35. The normalized spacial score (nSPS) is 14.1. The van der Waals surface area contributed by atoms with Gasteiger partial charge in [0.05, 0.1) is 38.6 Å². The van der Waals surface area contributed by atoms with E-state index in [1.165, 1.54) is 35.2 Å². The third kappa shape index (κ3) is 8.41. The largest absolute Gasteiger partial charge is 0.544 e. The number of amides is 5.